The molecule has 6 nitrogen and oxygen atoms in total. The van der Waals surface area contributed by atoms with Gasteiger partial charge in [-0.05, 0) is 43.4 Å². The number of hydrogen-bond acceptors (Lipinski definition) is 4. The van der Waals surface area contributed by atoms with Gasteiger partial charge in [0.05, 0.1) is 25.9 Å². The Kier molecular flexibility index (Phi) is 8.40. The molecule has 0 atom stereocenters. The molecule has 0 amide bonds. The van der Waals surface area contributed by atoms with Gasteiger partial charge in [-0.1, -0.05) is 42.5 Å². The molecule has 2 N–H and O–H groups in total. The monoisotopic (exact) mass is 436 g/mol. The van der Waals surface area contributed by atoms with Crippen molar-refractivity contribution in [2.24, 2.45) is 4.99 Å². The zero-order valence-corrected chi connectivity index (χ0v) is 19.2. The van der Waals surface area contributed by atoms with Gasteiger partial charge in [-0.15, -0.1) is 0 Å². The Morgan fingerprint density at radius 2 is 1.72 bits per heavy atom. The van der Waals surface area contributed by atoms with Gasteiger partial charge in [0.15, 0.2) is 5.96 Å². The Morgan fingerprint density at radius 1 is 1.00 bits per heavy atom. The summed E-state index contributed by atoms with van der Waals surface area (Å²) in [6.07, 6.45) is 3.96. The summed E-state index contributed by atoms with van der Waals surface area (Å²) in [6, 6.07) is 16.9. The number of nitrogens with zero attached hydrogens (tertiary/aromatic N) is 2. The predicted molar refractivity (Wildman–Crippen MR) is 129 cm³/mol. The molecule has 0 bridgehead atoms. The molecule has 1 saturated heterocycles. The average molecular weight is 437 g/mol. The third-order valence-corrected chi connectivity index (χ3v) is 6.13. The third kappa shape index (κ3) is 6.47. The van der Waals surface area contributed by atoms with Gasteiger partial charge in [0.1, 0.15) is 5.75 Å². The number of morpholine rings is 1. The van der Waals surface area contributed by atoms with Crippen molar-refractivity contribution in [3.05, 3.63) is 65.2 Å². The first kappa shape index (κ1) is 22.6. The highest BCUT2D eigenvalue weighted by molar-refractivity contribution is 5.79. The van der Waals surface area contributed by atoms with Gasteiger partial charge in [-0.2, -0.15) is 0 Å². The third-order valence-electron chi connectivity index (χ3n) is 6.13. The van der Waals surface area contributed by atoms with Crippen LogP contribution < -0.4 is 15.4 Å². The smallest absolute Gasteiger partial charge is 0.191 e. The van der Waals surface area contributed by atoms with E-state index in [0.29, 0.717) is 12.6 Å². The predicted octanol–water partition coefficient (Wildman–Crippen LogP) is 3.71. The van der Waals surface area contributed by atoms with Crippen molar-refractivity contribution >= 4 is 5.96 Å². The lowest BCUT2D eigenvalue weighted by molar-refractivity contribution is 0.0341. The summed E-state index contributed by atoms with van der Waals surface area (Å²) in [6.45, 7) is 8.84. The van der Waals surface area contributed by atoms with Crippen molar-refractivity contribution in [3.63, 3.8) is 0 Å². The number of guanidine groups is 1. The second-order valence-electron chi connectivity index (χ2n) is 8.48. The summed E-state index contributed by atoms with van der Waals surface area (Å²) in [5, 5.41) is 6.90. The molecule has 0 unspecified atom stereocenters. The van der Waals surface area contributed by atoms with Gasteiger partial charge in [0.25, 0.3) is 0 Å². The second kappa shape index (κ2) is 11.9. The first-order chi connectivity index (χ1) is 15.8. The molecule has 1 aliphatic heterocycles. The maximum Gasteiger partial charge on any atom is 0.191 e. The van der Waals surface area contributed by atoms with Crippen molar-refractivity contribution in [3.8, 4) is 5.75 Å². The average Bonchev–Trinajstić information content (AvgIpc) is 2.80. The lowest BCUT2D eigenvalue weighted by atomic mass is 9.96. The fourth-order valence-corrected chi connectivity index (χ4v) is 3.99. The standard InChI is InChI=1S/C26H36N4O2/c1-2-27-26(29-19-22-9-5-6-13-25(22)32-24-11-7-12-24)28-18-21-8-3-4-10-23(21)20-30-14-16-31-17-15-30/h3-6,8-10,13,24H,2,7,11-12,14-20H2,1H3,(H2,27,28,29). The number of para-hydroxylation sites is 1. The highest BCUT2D eigenvalue weighted by Crippen LogP contribution is 2.27. The van der Waals surface area contributed by atoms with Gasteiger partial charge in [-0.25, -0.2) is 4.99 Å². The number of aliphatic imine (C=N–C) groups is 1. The van der Waals surface area contributed by atoms with E-state index < -0.39 is 0 Å². The van der Waals surface area contributed by atoms with E-state index in [4.69, 9.17) is 14.5 Å². The number of hydrogen-bond donors (Lipinski definition) is 2. The quantitative estimate of drug-likeness (QED) is 0.464. The summed E-state index contributed by atoms with van der Waals surface area (Å²) in [4.78, 5) is 7.30. The minimum Gasteiger partial charge on any atom is -0.490 e. The van der Waals surface area contributed by atoms with E-state index in [1.54, 1.807) is 0 Å². The molecule has 1 heterocycles. The Bertz CT molecular complexity index is 876. The van der Waals surface area contributed by atoms with Gasteiger partial charge < -0.3 is 20.1 Å². The van der Waals surface area contributed by atoms with Crippen LogP contribution in [0.5, 0.6) is 5.75 Å². The molecule has 1 saturated carbocycles. The van der Waals surface area contributed by atoms with Gasteiger partial charge >= 0.3 is 0 Å². The van der Waals surface area contributed by atoms with E-state index >= 15 is 0 Å². The molecule has 0 radical (unpaired) electrons. The highest BCUT2D eigenvalue weighted by Gasteiger charge is 2.20. The van der Waals surface area contributed by atoms with Crippen LogP contribution in [-0.2, 0) is 24.4 Å². The fraction of sp³-hybridized carbons (Fsp3) is 0.500. The van der Waals surface area contributed by atoms with Crippen LogP contribution >= 0.6 is 0 Å². The molecule has 2 aromatic carbocycles. The van der Waals surface area contributed by atoms with Crippen molar-refractivity contribution in [2.75, 3.05) is 32.8 Å². The van der Waals surface area contributed by atoms with E-state index in [1.807, 2.05) is 6.07 Å². The molecule has 0 aromatic heterocycles. The molecule has 32 heavy (non-hydrogen) atoms. The van der Waals surface area contributed by atoms with Crippen LogP contribution in [0.4, 0.5) is 0 Å². The van der Waals surface area contributed by atoms with Crippen LogP contribution in [0.2, 0.25) is 0 Å². The molecular weight excluding hydrogens is 400 g/mol. The Morgan fingerprint density at radius 3 is 2.44 bits per heavy atom. The van der Waals surface area contributed by atoms with Crippen molar-refractivity contribution in [1.29, 1.82) is 0 Å². The summed E-state index contributed by atoms with van der Waals surface area (Å²) in [7, 11) is 0. The zero-order chi connectivity index (χ0) is 22.0. The minimum atomic E-state index is 0.370. The lowest BCUT2D eigenvalue weighted by Crippen LogP contribution is -2.38. The van der Waals surface area contributed by atoms with Crippen molar-refractivity contribution < 1.29 is 9.47 Å². The highest BCUT2D eigenvalue weighted by atomic mass is 16.5. The van der Waals surface area contributed by atoms with Gasteiger partial charge in [-0.3, -0.25) is 4.90 Å². The zero-order valence-electron chi connectivity index (χ0n) is 19.2. The maximum atomic E-state index is 6.17. The number of benzene rings is 2. The molecule has 2 fully saturated rings. The van der Waals surface area contributed by atoms with E-state index in [1.165, 1.54) is 17.5 Å². The Hall–Kier alpha value is -2.57. The number of rotatable bonds is 9. The maximum absolute atomic E-state index is 6.17. The SMILES string of the molecule is CCNC(=NCc1ccccc1OC1CCC1)NCc1ccccc1CN1CCOCC1. The van der Waals surface area contributed by atoms with Gasteiger partial charge in [0.2, 0.25) is 0 Å². The second-order valence-corrected chi connectivity index (χ2v) is 8.48. The topological polar surface area (TPSA) is 58.1 Å². The molecule has 1 aliphatic carbocycles. The molecular formula is C26H36N4O2. The molecule has 2 aliphatic rings. The van der Waals surface area contributed by atoms with E-state index in [2.05, 4.69) is 64.9 Å². The van der Waals surface area contributed by atoms with E-state index in [9.17, 15) is 0 Å². The van der Waals surface area contributed by atoms with Crippen LogP contribution in [-0.4, -0.2) is 49.8 Å². The molecule has 6 heteroatoms. The summed E-state index contributed by atoms with van der Waals surface area (Å²) >= 11 is 0. The largest absolute Gasteiger partial charge is 0.490 e. The number of nitrogens with one attached hydrogen (secondary N) is 2. The molecule has 4 rings (SSSR count). The van der Waals surface area contributed by atoms with Gasteiger partial charge in [0, 0.05) is 38.3 Å². The minimum absolute atomic E-state index is 0.370. The summed E-state index contributed by atoms with van der Waals surface area (Å²) < 4.78 is 11.7. The molecule has 2 aromatic rings. The van der Waals surface area contributed by atoms with Crippen LogP contribution in [0.1, 0.15) is 42.9 Å². The Balaban J connectivity index is 1.38. The first-order valence-electron chi connectivity index (χ1n) is 12.0. The molecule has 0 spiro atoms. The molecule has 172 valence electrons. The number of ether oxygens (including phenoxy) is 2. The fourth-order valence-electron chi connectivity index (χ4n) is 3.99. The summed E-state index contributed by atoms with van der Waals surface area (Å²) in [5.74, 6) is 1.79. The van der Waals surface area contributed by atoms with Crippen LogP contribution in [0.3, 0.4) is 0 Å². The summed E-state index contributed by atoms with van der Waals surface area (Å²) in [5.41, 5.74) is 3.79. The normalized spacial score (nSPS) is 17.6. The van der Waals surface area contributed by atoms with E-state index in [0.717, 1.165) is 76.1 Å². The first-order valence-corrected chi connectivity index (χ1v) is 12.0. The van der Waals surface area contributed by atoms with Crippen molar-refractivity contribution in [1.82, 2.24) is 15.5 Å². The lowest BCUT2D eigenvalue weighted by Gasteiger charge is -2.27. The van der Waals surface area contributed by atoms with E-state index in [-0.39, 0.29) is 0 Å². The Labute approximate surface area is 192 Å². The van der Waals surface area contributed by atoms with Crippen LogP contribution in [0.15, 0.2) is 53.5 Å². The van der Waals surface area contributed by atoms with Crippen molar-refractivity contribution in [2.45, 2.75) is 51.9 Å². The van der Waals surface area contributed by atoms with Crippen LogP contribution in [0, 0.1) is 0 Å². The van der Waals surface area contributed by atoms with Crippen LogP contribution in [0.25, 0.3) is 0 Å².